The second kappa shape index (κ2) is 6.02. The number of carbonyl (C=O) groups is 1. The summed E-state index contributed by atoms with van der Waals surface area (Å²) < 4.78 is 39.4. The smallest absolute Gasteiger partial charge is 0.248 e. The van der Waals surface area contributed by atoms with Crippen molar-refractivity contribution in [2.24, 2.45) is 5.73 Å². The number of amides is 1. The van der Waals surface area contributed by atoms with Crippen LogP contribution < -0.4 is 10.5 Å². The summed E-state index contributed by atoms with van der Waals surface area (Å²) in [6.07, 6.45) is 0. The minimum Gasteiger partial charge on any atom is -0.366 e. The molecule has 0 aliphatic carbocycles. The van der Waals surface area contributed by atoms with Gasteiger partial charge in [0.05, 0.1) is 4.90 Å². The number of sulfonamides is 1. The van der Waals surface area contributed by atoms with Crippen LogP contribution in [0, 0.1) is 5.82 Å². The van der Waals surface area contributed by atoms with Gasteiger partial charge in [0.15, 0.2) is 0 Å². The molecule has 1 amide bonds. The molecular formula is C14H13FN2O3S. The minimum atomic E-state index is -3.79. The van der Waals surface area contributed by atoms with E-state index in [-0.39, 0.29) is 11.4 Å². The molecule has 0 aliphatic rings. The largest absolute Gasteiger partial charge is 0.366 e. The normalized spacial score (nSPS) is 11.3. The minimum absolute atomic E-state index is 0.0257. The first-order chi connectivity index (χ1) is 9.88. The van der Waals surface area contributed by atoms with Gasteiger partial charge in [0, 0.05) is 12.1 Å². The molecule has 0 fully saturated rings. The Morgan fingerprint density at radius 1 is 1.14 bits per heavy atom. The first-order valence-corrected chi connectivity index (χ1v) is 7.51. The second-order valence-corrected chi connectivity index (χ2v) is 6.11. The summed E-state index contributed by atoms with van der Waals surface area (Å²) >= 11 is 0. The maximum atomic E-state index is 13.0. The molecule has 0 spiro atoms. The third-order valence-corrected chi connectivity index (χ3v) is 4.21. The van der Waals surface area contributed by atoms with Crippen molar-refractivity contribution in [1.29, 1.82) is 0 Å². The van der Waals surface area contributed by atoms with E-state index in [2.05, 4.69) is 4.72 Å². The molecule has 5 nitrogen and oxygen atoms in total. The third kappa shape index (κ3) is 3.87. The summed E-state index contributed by atoms with van der Waals surface area (Å²) in [6.45, 7) is 0.0257. The maximum Gasteiger partial charge on any atom is 0.248 e. The standard InChI is InChI=1S/C14H13FN2O3S/c15-12-2-1-3-13(8-12)21(19,20)17-9-10-4-6-11(7-5-10)14(16)18/h1-8,17H,9H2,(H2,16,18). The Kier molecular flexibility index (Phi) is 4.35. The molecule has 0 saturated carbocycles. The fourth-order valence-corrected chi connectivity index (χ4v) is 2.73. The molecule has 110 valence electrons. The number of benzene rings is 2. The molecule has 2 aromatic rings. The van der Waals surface area contributed by atoms with Crippen LogP contribution in [0.25, 0.3) is 0 Å². The lowest BCUT2D eigenvalue weighted by molar-refractivity contribution is 0.100. The van der Waals surface area contributed by atoms with Gasteiger partial charge in [-0.15, -0.1) is 0 Å². The highest BCUT2D eigenvalue weighted by Crippen LogP contribution is 2.11. The van der Waals surface area contributed by atoms with Crippen LogP contribution in [0.5, 0.6) is 0 Å². The predicted molar refractivity (Wildman–Crippen MR) is 75.4 cm³/mol. The van der Waals surface area contributed by atoms with Gasteiger partial charge in [0.25, 0.3) is 0 Å². The number of hydrogen-bond donors (Lipinski definition) is 2. The van der Waals surface area contributed by atoms with Gasteiger partial charge in [0.1, 0.15) is 5.82 Å². The summed E-state index contributed by atoms with van der Waals surface area (Å²) in [5, 5.41) is 0. The number of hydrogen-bond acceptors (Lipinski definition) is 3. The summed E-state index contributed by atoms with van der Waals surface area (Å²) in [7, 11) is -3.79. The van der Waals surface area contributed by atoms with Gasteiger partial charge in [-0.25, -0.2) is 17.5 Å². The lowest BCUT2D eigenvalue weighted by Gasteiger charge is -2.07. The van der Waals surface area contributed by atoms with Crippen molar-refractivity contribution in [2.75, 3.05) is 0 Å². The van der Waals surface area contributed by atoms with Crippen LogP contribution in [0.2, 0.25) is 0 Å². The van der Waals surface area contributed by atoms with E-state index in [1.54, 1.807) is 12.1 Å². The SMILES string of the molecule is NC(=O)c1ccc(CNS(=O)(=O)c2cccc(F)c2)cc1. The summed E-state index contributed by atoms with van der Waals surface area (Å²) in [5.74, 6) is -1.18. The molecule has 0 aliphatic heterocycles. The highest BCUT2D eigenvalue weighted by molar-refractivity contribution is 7.89. The quantitative estimate of drug-likeness (QED) is 0.875. The van der Waals surface area contributed by atoms with Crippen LogP contribution in [0.1, 0.15) is 15.9 Å². The Morgan fingerprint density at radius 2 is 1.81 bits per heavy atom. The number of primary amides is 1. The van der Waals surface area contributed by atoms with E-state index >= 15 is 0 Å². The Morgan fingerprint density at radius 3 is 2.38 bits per heavy atom. The molecule has 0 saturated heterocycles. The molecule has 0 unspecified atom stereocenters. The molecule has 0 heterocycles. The van der Waals surface area contributed by atoms with E-state index in [1.807, 2.05) is 0 Å². The Hall–Kier alpha value is -2.25. The van der Waals surface area contributed by atoms with Gasteiger partial charge in [-0.05, 0) is 35.9 Å². The number of nitrogens with two attached hydrogens (primary N) is 1. The average molecular weight is 308 g/mol. The summed E-state index contributed by atoms with van der Waals surface area (Å²) in [6, 6.07) is 10.9. The van der Waals surface area contributed by atoms with E-state index < -0.39 is 21.7 Å². The summed E-state index contributed by atoms with van der Waals surface area (Å²) in [4.78, 5) is 10.8. The van der Waals surface area contributed by atoms with Crippen LogP contribution >= 0.6 is 0 Å². The van der Waals surface area contributed by atoms with Crippen LogP contribution in [0.15, 0.2) is 53.4 Å². The van der Waals surface area contributed by atoms with Gasteiger partial charge < -0.3 is 5.73 Å². The number of carbonyl (C=O) groups excluding carboxylic acids is 1. The van der Waals surface area contributed by atoms with Crippen molar-refractivity contribution in [3.63, 3.8) is 0 Å². The van der Waals surface area contributed by atoms with Crippen LogP contribution in [0.3, 0.4) is 0 Å². The van der Waals surface area contributed by atoms with E-state index in [1.165, 1.54) is 30.3 Å². The van der Waals surface area contributed by atoms with Crippen molar-refractivity contribution in [3.05, 3.63) is 65.5 Å². The van der Waals surface area contributed by atoms with Crippen LogP contribution in [-0.4, -0.2) is 14.3 Å². The topological polar surface area (TPSA) is 89.3 Å². The second-order valence-electron chi connectivity index (χ2n) is 4.34. The predicted octanol–water partition coefficient (Wildman–Crippen LogP) is 1.40. The molecule has 21 heavy (non-hydrogen) atoms. The lowest BCUT2D eigenvalue weighted by atomic mass is 10.1. The van der Waals surface area contributed by atoms with Crippen LogP contribution in [0.4, 0.5) is 4.39 Å². The maximum absolute atomic E-state index is 13.0. The summed E-state index contributed by atoms with van der Waals surface area (Å²) in [5.41, 5.74) is 6.10. The van der Waals surface area contributed by atoms with E-state index in [0.717, 1.165) is 6.07 Å². The zero-order valence-electron chi connectivity index (χ0n) is 10.9. The molecule has 3 N–H and O–H groups in total. The van der Waals surface area contributed by atoms with Crippen molar-refractivity contribution in [1.82, 2.24) is 4.72 Å². The molecule has 2 aromatic carbocycles. The molecule has 2 rings (SSSR count). The highest BCUT2D eigenvalue weighted by Gasteiger charge is 2.14. The van der Waals surface area contributed by atoms with Crippen molar-refractivity contribution >= 4 is 15.9 Å². The first kappa shape index (κ1) is 15.1. The molecule has 0 atom stereocenters. The zero-order chi connectivity index (χ0) is 15.5. The number of halogens is 1. The third-order valence-electron chi connectivity index (χ3n) is 2.81. The van der Waals surface area contributed by atoms with Gasteiger partial charge >= 0.3 is 0 Å². The fourth-order valence-electron chi connectivity index (χ4n) is 1.68. The molecular weight excluding hydrogens is 295 g/mol. The van der Waals surface area contributed by atoms with E-state index in [9.17, 15) is 17.6 Å². The average Bonchev–Trinajstić information content (AvgIpc) is 2.45. The van der Waals surface area contributed by atoms with Crippen molar-refractivity contribution in [2.45, 2.75) is 11.4 Å². The Labute approximate surface area is 121 Å². The number of nitrogens with one attached hydrogen (secondary N) is 1. The monoisotopic (exact) mass is 308 g/mol. The zero-order valence-corrected chi connectivity index (χ0v) is 11.7. The van der Waals surface area contributed by atoms with E-state index in [4.69, 9.17) is 5.73 Å². The highest BCUT2D eigenvalue weighted by atomic mass is 32.2. The van der Waals surface area contributed by atoms with Gasteiger partial charge in [-0.1, -0.05) is 18.2 Å². The Balaban J connectivity index is 2.10. The number of rotatable bonds is 5. The molecule has 0 aromatic heterocycles. The van der Waals surface area contributed by atoms with Crippen LogP contribution in [-0.2, 0) is 16.6 Å². The van der Waals surface area contributed by atoms with Gasteiger partial charge in [0.2, 0.25) is 15.9 Å². The Bertz CT molecular complexity index is 758. The first-order valence-electron chi connectivity index (χ1n) is 6.02. The molecule has 0 bridgehead atoms. The fraction of sp³-hybridized carbons (Fsp3) is 0.0714. The van der Waals surface area contributed by atoms with Crippen molar-refractivity contribution in [3.8, 4) is 0 Å². The lowest BCUT2D eigenvalue weighted by Crippen LogP contribution is -2.23. The van der Waals surface area contributed by atoms with Crippen molar-refractivity contribution < 1.29 is 17.6 Å². The van der Waals surface area contributed by atoms with Gasteiger partial charge in [-0.2, -0.15) is 0 Å². The van der Waals surface area contributed by atoms with E-state index in [0.29, 0.717) is 11.1 Å². The molecule has 7 heteroatoms. The van der Waals surface area contributed by atoms with Gasteiger partial charge in [-0.3, -0.25) is 4.79 Å². The molecule has 0 radical (unpaired) electrons.